The van der Waals surface area contributed by atoms with E-state index in [-0.39, 0.29) is 5.91 Å². The topological polar surface area (TPSA) is 66.5 Å². The summed E-state index contributed by atoms with van der Waals surface area (Å²) in [5, 5.41) is 9.15. The minimum absolute atomic E-state index is 0.0324. The van der Waals surface area contributed by atoms with Crippen LogP contribution in [0.25, 0.3) is 0 Å². The van der Waals surface area contributed by atoms with Gasteiger partial charge in [-0.25, -0.2) is 4.98 Å². The summed E-state index contributed by atoms with van der Waals surface area (Å²) in [7, 11) is 1.64. The Morgan fingerprint density at radius 1 is 1.37 bits per heavy atom. The number of piperidine rings is 1. The maximum Gasteiger partial charge on any atom is 0.245 e. The van der Waals surface area contributed by atoms with E-state index < -0.39 is 5.54 Å². The SMILES string of the molecule is COCCNC(=O)C1(Nc2nccs2)CCN(Cc2cccc(C)c2)CC1. The number of ether oxygens (including phenoxy) is 1. The molecule has 6 nitrogen and oxygen atoms in total. The smallest absolute Gasteiger partial charge is 0.245 e. The van der Waals surface area contributed by atoms with E-state index in [0.29, 0.717) is 13.2 Å². The molecule has 146 valence electrons. The molecular weight excluding hydrogens is 360 g/mol. The van der Waals surface area contributed by atoms with Gasteiger partial charge in [0.05, 0.1) is 6.61 Å². The fourth-order valence-corrected chi connectivity index (χ4v) is 4.12. The number of hydrogen-bond donors (Lipinski definition) is 2. The summed E-state index contributed by atoms with van der Waals surface area (Å²) in [6, 6.07) is 8.62. The summed E-state index contributed by atoms with van der Waals surface area (Å²) < 4.78 is 5.06. The number of carbonyl (C=O) groups excluding carboxylic acids is 1. The molecule has 1 aromatic heterocycles. The fraction of sp³-hybridized carbons (Fsp3) is 0.500. The normalized spacial score (nSPS) is 16.8. The van der Waals surface area contributed by atoms with Gasteiger partial charge in [-0.15, -0.1) is 11.3 Å². The molecule has 1 aliphatic rings. The number of likely N-dealkylation sites (tertiary alicyclic amines) is 1. The molecule has 3 rings (SSSR count). The lowest BCUT2D eigenvalue weighted by Gasteiger charge is -2.41. The van der Waals surface area contributed by atoms with Crippen molar-refractivity contribution in [2.24, 2.45) is 0 Å². The molecule has 1 amide bonds. The number of aryl methyl sites for hydroxylation is 1. The van der Waals surface area contributed by atoms with Crippen molar-refractivity contribution < 1.29 is 9.53 Å². The molecule has 7 heteroatoms. The lowest BCUT2D eigenvalue weighted by atomic mass is 9.86. The summed E-state index contributed by atoms with van der Waals surface area (Å²) in [6.07, 6.45) is 3.25. The van der Waals surface area contributed by atoms with Crippen LogP contribution in [0.15, 0.2) is 35.8 Å². The van der Waals surface area contributed by atoms with Crippen LogP contribution in [0.4, 0.5) is 5.13 Å². The Balaban J connectivity index is 1.65. The number of anilines is 1. The molecule has 1 aliphatic heterocycles. The van der Waals surface area contributed by atoms with E-state index in [1.54, 1.807) is 13.3 Å². The highest BCUT2D eigenvalue weighted by Crippen LogP contribution is 2.29. The molecule has 0 spiro atoms. The molecule has 27 heavy (non-hydrogen) atoms. The van der Waals surface area contributed by atoms with Crippen molar-refractivity contribution in [1.29, 1.82) is 0 Å². The summed E-state index contributed by atoms with van der Waals surface area (Å²) in [6.45, 7) is 5.80. The number of amides is 1. The Bertz CT molecular complexity index is 727. The van der Waals surface area contributed by atoms with E-state index in [0.717, 1.165) is 37.6 Å². The molecule has 1 aromatic carbocycles. The third kappa shape index (κ3) is 5.28. The van der Waals surface area contributed by atoms with Crippen molar-refractivity contribution in [3.8, 4) is 0 Å². The fourth-order valence-electron chi connectivity index (χ4n) is 3.50. The first-order chi connectivity index (χ1) is 13.1. The Hall–Kier alpha value is -1.96. The van der Waals surface area contributed by atoms with E-state index in [4.69, 9.17) is 4.74 Å². The van der Waals surface area contributed by atoms with Gasteiger partial charge in [-0.3, -0.25) is 9.69 Å². The molecule has 0 aliphatic carbocycles. The van der Waals surface area contributed by atoms with Crippen molar-refractivity contribution in [3.05, 3.63) is 47.0 Å². The van der Waals surface area contributed by atoms with E-state index in [1.165, 1.54) is 22.5 Å². The van der Waals surface area contributed by atoms with E-state index in [9.17, 15) is 4.79 Å². The van der Waals surface area contributed by atoms with Crippen molar-refractivity contribution in [3.63, 3.8) is 0 Å². The molecule has 0 atom stereocenters. The number of thiazole rings is 1. The predicted octanol–water partition coefficient (Wildman–Crippen LogP) is 2.66. The average molecular weight is 389 g/mol. The molecular formula is C20H28N4O2S. The largest absolute Gasteiger partial charge is 0.383 e. The zero-order valence-corrected chi connectivity index (χ0v) is 16.8. The van der Waals surface area contributed by atoms with Gasteiger partial charge in [0.1, 0.15) is 5.54 Å². The number of benzene rings is 1. The van der Waals surface area contributed by atoms with E-state index in [2.05, 4.69) is 51.7 Å². The van der Waals surface area contributed by atoms with Gasteiger partial charge in [0.25, 0.3) is 0 Å². The summed E-state index contributed by atoms with van der Waals surface area (Å²) in [5.41, 5.74) is 1.98. The maximum absolute atomic E-state index is 13.0. The molecule has 1 fully saturated rings. The van der Waals surface area contributed by atoms with Crippen LogP contribution in [0.5, 0.6) is 0 Å². The second-order valence-electron chi connectivity index (χ2n) is 7.06. The quantitative estimate of drug-likeness (QED) is 0.681. The van der Waals surface area contributed by atoms with Crippen LogP contribution >= 0.6 is 11.3 Å². The molecule has 0 bridgehead atoms. The highest BCUT2D eigenvalue weighted by atomic mass is 32.1. The lowest BCUT2D eigenvalue weighted by molar-refractivity contribution is -0.127. The highest BCUT2D eigenvalue weighted by Gasteiger charge is 2.41. The monoisotopic (exact) mass is 388 g/mol. The number of hydrogen-bond acceptors (Lipinski definition) is 6. The summed E-state index contributed by atoms with van der Waals surface area (Å²) >= 11 is 1.53. The third-order valence-electron chi connectivity index (χ3n) is 5.00. The van der Waals surface area contributed by atoms with Crippen LogP contribution in [-0.2, 0) is 16.1 Å². The summed E-state index contributed by atoms with van der Waals surface area (Å²) in [4.78, 5) is 19.7. The Morgan fingerprint density at radius 2 is 2.19 bits per heavy atom. The van der Waals surface area contributed by atoms with Crippen LogP contribution in [-0.4, -0.2) is 54.7 Å². The van der Waals surface area contributed by atoms with Crippen molar-refractivity contribution in [1.82, 2.24) is 15.2 Å². The number of carbonyl (C=O) groups is 1. The molecule has 2 N–H and O–H groups in total. The van der Waals surface area contributed by atoms with E-state index >= 15 is 0 Å². The molecule has 2 heterocycles. The number of nitrogens with zero attached hydrogens (tertiary/aromatic N) is 2. The first kappa shape index (κ1) is 19.8. The van der Waals surface area contributed by atoms with Gasteiger partial charge < -0.3 is 15.4 Å². The lowest BCUT2D eigenvalue weighted by Crippen LogP contribution is -2.58. The van der Waals surface area contributed by atoms with Gasteiger partial charge in [-0.2, -0.15) is 0 Å². The highest BCUT2D eigenvalue weighted by molar-refractivity contribution is 7.13. The van der Waals surface area contributed by atoms with Crippen molar-refractivity contribution in [2.45, 2.75) is 31.8 Å². The molecule has 1 saturated heterocycles. The van der Waals surface area contributed by atoms with Gasteiger partial charge in [0.2, 0.25) is 5.91 Å². The standard InChI is InChI=1S/C20H28N4O2S/c1-16-4-3-5-17(14-16)15-24-10-6-20(7-11-24,18(25)21-8-12-26-2)23-19-22-9-13-27-19/h3-5,9,13-14H,6-8,10-12,15H2,1-2H3,(H,21,25)(H,22,23). The second-order valence-corrected chi connectivity index (χ2v) is 7.95. The zero-order chi connectivity index (χ0) is 19.1. The molecule has 0 saturated carbocycles. The average Bonchev–Trinajstić information content (AvgIpc) is 3.16. The van der Waals surface area contributed by atoms with Gasteiger partial charge in [-0.05, 0) is 25.3 Å². The van der Waals surface area contributed by atoms with Gasteiger partial charge in [0.15, 0.2) is 5.13 Å². The Morgan fingerprint density at radius 3 is 2.85 bits per heavy atom. The van der Waals surface area contributed by atoms with Crippen molar-refractivity contribution in [2.75, 3.05) is 38.7 Å². The number of methoxy groups -OCH3 is 1. The molecule has 0 radical (unpaired) electrons. The van der Waals surface area contributed by atoms with Gasteiger partial charge >= 0.3 is 0 Å². The number of rotatable bonds is 8. The minimum atomic E-state index is -0.616. The second kappa shape index (κ2) is 9.30. The van der Waals surface area contributed by atoms with Crippen LogP contribution in [0.2, 0.25) is 0 Å². The Labute approximate surface area is 164 Å². The molecule has 0 unspecified atom stereocenters. The van der Waals surface area contributed by atoms with Crippen LogP contribution in [0.3, 0.4) is 0 Å². The van der Waals surface area contributed by atoms with Crippen LogP contribution in [0, 0.1) is 6.92 Å². The van der Waals surface area contributed by atoms with Crippen LogP contribution in [0.1, 0.15) is 24.0 Å². The Kier molecular flexibility index (Phi) is 6.82. The van der Waals surface area contributed by atoms with Crippen LogP contribution < -0.4 is 10.6 Å². The first-order valence-electron chi connectivity index (χ1n) is 9.34. The van der Waals surface area contributed by atoms with Crippen molar-refractivity contribution >= 4 is 22.4 Å². The first-order valence-corrected chi connectivity index (χ1v) is 10.2. The zero-order valence-electron chi connectivity index (χ0n) is 16.0. The number of aromatic nitrogens is 1. The summed E-state index contributed by atoms with van der Waals surface area (Å²) in [5.74, 6) is 0.0324. The van der Waals surface area contributed by atoms with E-state index in [1.807, 2.05) is 5.38 Å². The predicted molar refractivity (Wildman–Crippen MR) is 109 cm³/mol. The maximum atomic E-state index is 13.0. The molecule has 2 aromatic rings. The van der Waals surface area contributed by atoms with Gasteiger partial charge in [-0.1, -0.05) is 29.8 Å². The minimum Gasteiger partial charge on any atom is -0.383 e. The number of nitrogens with one attached hydrogen (secondary N) is 2. The third-order valence-corrected chi connectivity index (χ3v) is 5.69. The van der Waals surface area contributed by atoms with Gasteiger partial charge in [0, 0.05) is 44.9 Å².